The van der Waals surface area contributed by atoms with E-state index < -0.39 is 0 Å². The molecule has 3 fully saturated rings. The summed E-state index contributed by atoms with van der Waals surface area (Å²) >= 11 is 0. The van der Waals surface area contributed by atoms with E-state index in [0.29, 0.717) is 32.0 Å². The van der Waals surface area contributed by atoms with Gasteiger partial charge in [-0.25, -0.2) is 4.98 Å². The number of ether oxygens (including phenoxy) is 2. The number of amides is 1. The van der Waals surface area contributed by atoms with Crippen molar-refractivity contribution in [3.8, 4) is 0 Å². The van der Waals surface area contributed by atoms with E-state index in [1.165, 1.54) is 6.42 Å². The lowest BCUT2D eigenvalue weighted by Gasteiger charge is -2.40. The van der Waals surface area contributed by atoms with Gasteiger partial charge in [0.2, 0.25) is 0 Å². The molecule has 130 valence electrons. The molecule has 4 rings (SSSR count). The molecule has 3 saturated heterocycles. The van der Waals surface area contributed by atoms with Gasteiger partial charge < -0.3 is 19.3 Å². The summed E-state index contributed by atoms with van der Waals surface area (Å²) in [4.78, 5) is 25.6. The van der Waals surface area contributed by atoms with Crippen LogP contribution in [0.5, 0.6) is 0 Å². The van der Waals surface area contributed by atoms with Crippen molar-refractivity contribution in [3.05, 3.63) is 18.1 Å². The fourth-order valence-corrected chi connectivity index (χ4v) is 3.91. The number of hydrogen-bond acceptors (Lipinski definition) is 6. The second kappa shape index (κ2) is 6.64. The van der Waals surface area contributed by atoms with Gasteiger partial charge in [-0.3, -0.25) is 9.78 Å². The van der Waals surface area contributed by atoms with Crippen molar-refractivity contribution in [2.75, 3.05) is 57.5 Å². The van der Waals surface area contributed by atoms with Crippen molar-refractivity contribution in [3.63, 3.8) is 0 Å². The highest BCUT2D eigenvalue weighted by atomic mass is 16.5. The molecule has 7 nitrogen and oxygen atoms in total. The van der Waals surface area contributed by atoms with Crippen LogP contribution in [0.4, 0.5) is 5.82 Å². The Kier molecular flexibility index (Phi) is 4.37. The molecule has 0 unspecified atom stereocenters. The first-order valence-corrected chi connectivity index (χ1v) is 8.78. The quantitative estimate of drug-likeness (QED) is 0.803. The van der Waals surface area contributed by atoms with Gasteiger partial charge in [-0.05, 0) is 19.3 Å². The van der Waals surface area contributed by atoms with Gasteiger partial charge in [0.15, 0.2) is 0 Å². The molecule has 0 aromatic carbocycles. The average molecular weight is 332 g/mol. The summed E-state index contributed by atoms with van der Waals surface area (Å²) in [6.07, 6.45) is 6.80. The Hall–Kier alpha value is -1.73. The third-order valence-corrected chi connectivity index (χ3v) is 5.31. The number of nitrogens with zero attached hydrogens (tertiary/aromatic N) is 4. The van der Waals surface area contributed by atoms with Crippen molar-refractivity contribution in [2.24, 2.45) is 5.41 Å². The van der Waals surface area contributed by atoms with Gasteiger partial charge in [0.1, 0.15) is 11.5 Å². The molecule has 1 atom stereocenters. The Bertz CT molecular complexity index is 597. The van der Waals surface area contributed by atoms with Crippen LogP contribution < -0.4 is 4.90 Å². The van der Waals surface area contributed by atoms with Crippen LogP contribution in [0, 0.1) is 5.41 Å². The van der Waals surface area contributed by atoms with E-state index in [0.717, 1.165) is 45.0 Å². The van der Waals surface area contributed by atoms with Crippen LogP contribution in [0.15, 0.2) is 12.4 Å². The molecule has 1 aromatic rings. The predicted molar refractivity (Wildman–Crippen MR) is 88.1 cm³/mol. The van der Waals surface area contributed by atoms with E-state index in [4.69, 9.17) is 9.47 Å². The monoisotopic (exact) mass is 332 g/mol. The summed E-state index contributed by atoms with van der Waals surface area (Å²) in [6.45, 7) is 6.02. The number of piperidine rings is 1. The van der Waals surface area contributed by atoms with Gasteiger partial charge in [0.25, 0.3) is 5.91 Å². The minimum Gasteiger partial charge on any atom is -0.381 e. The molecule has 0 saturated carbocycles. The lowest BCUT2D eigenvalue weighted by Crippen LogP contribution is -2.44. The lowest BCUT2D eigenvalue weighted by molar-refractivity contribution is 0.0298. The van der Waals surface area contributed by atoms with Crippen molar-refractivity contribution in [1.82, 2.24) is 14.9 Å². The SMILES string of the molecule is O=C(c1cncc(N2CCC[C@]3(CCOC3)C2)n1)N1CCOCC1. The minimum absolute atomic E-state index is 0.0522. The summed E-state index contributed by atoms with van der Waals surface area (Å²) in [5.41, 5.74) is 0.682. The zero-order chi connectivity index (χ0) is 16.4. The molecule has 1 amide bonds. The number of anilines is 1. The molecule has 0 bridgehead atoms. The van der Waals surface area contributed by atoms with Gasteiger partial charge >= 0.3 is 0 Å². The van der Waals surface area contributed by atoms with Gasteiger partial charge in [-0.2, -0.15) is 0 Å². The molecular formula is C17H24N4O3. The maximum atomic E-state index is 12.6. The third kappa shape index (κ3) is 3.10. The Morgan fingerprint density at radius 2 is 1.96 bits per heavy atom. The van der Waals surface area contributed by atoms with E-state index >= 15 is 0 Å². The van der Waals surface area contributed by atoms with Crippen molar-refractivity contribution >= 4 is 11.7 Å². The van der Waals surface area contributed by atoms with Crippen LogP contribution in [0.2, 0.25) is 0 Å². The highest BCUT2D eigenvalue weighted by Gasteiger charge is 2.39. The zero-order valence-electron chi connectivity index (χ0n) is 13.9. The van der Waals surface area contributed by atoms with E-state index in [1.807, 2.05) is 0 Å². The largest absolute Gasteiger partial charge is 0.381 e. The molecule has 7 heteroatoms. The normalized spacial score (nSPS) is 27.7. The van der Waals surface area contributed by atoms with Gasteiger partial charge in [0, 0.05) is 38.2 Å². The number of morpholine rings is 1. The summed E-state index contributed by atoms with van der Waals surface area (Å²) in [5, 5.41) is 0. The highest BCUT2D eigenvalue weighted by Crippen LogP contribution is 2.38. The Morgan fingerprint density at radius 1 is 1.08 bits per heavy atom. The highest BCUT2D eigenvalue weighted by molar-refractivity contribution is 5.92. The first-order chi connectivity index (χ1) is 11.8. The third-order valence-electron chi connectivity index (χ3n) is 5.31. The van der Waals surface area contributed by atoms with Crippen LogP contribution in [0.25, 0.3) is 0 Å². The molecule has 24 heavy (non-hydrogen) atoms. The predicted octanol–water partition coefficient (Wildman–Crippen LogP) is 0.956. The standard InChI is InChI=1S/C17H24N4O3/c22-16(20-5-8-23-9-6-20)14-10-18-11-15(19-14)21-4-1-2-17(12-21)3-7-24-13-17/h10-11H,1-9,12-13H2/t17-/m0/s1. The maximum absolute atomic E-state index is 12.6. The molecule has 0 radical (unpaired) electrons. The Labute approximate surface area is 142 Å². The smallest absolute Gasteiger partial charge is 0.274 e. The molecule has 4 heterocycles. The lowest BCUT2D eigenvalue weighted by atomic mass is 9.79. The van der Waals surface area contributed by atoms with Crippen molar-refractivity contribution in [2.45, 2.75) is 19.3 Å². The summed E-state index contributed by atoms with van der Waals surface area (Å²) < 4.78 is 10.9. The number of hydrogen-bond donors (Lipinski definition) is 0. The molecule has 3 aliphatic rings. The topological polar surface area (TPSA) is 67.8 Å². The second-order valence-corrected chi connectivity index (χ2v) is 6.99. The number of rotatable bonds is 2. The number of carbonyl (C=O) groups is 1. The van der Waals surface area contributed by atoms with E-state index in [-0.39, 0.29) is 11.3 Å². The van der Waals surface area contributed by atoms with E-state index in [2.05, 4.69) is 14.9 Å². The van der Waals surface area contributed by atoms with Crippen molar-refractivity contribution in [1.29, 1.82) is 0 Å². The number of aromatic nitrogens is 2. The minimum atomic E-state index is -0.0522. The van der Waals surface area contributed by atoms with E-state index in [1.54, 1.807) is 17.3 Å². The average Bonchev–Trinajstić information content (AvgIpc) is 3.09. The first kappa shape index (κ1) is 15.8. The molecule has 0 N–H and O–H groups in total. The fourth-order valence-electron chi connectivity index (χ4n) is 3.91. The van der Waals surface area contributed by atoms with Crippen LogP contribution in [-0.2, 0) is 9.47 Å². The summed E-state index contributed by atoms with van der Waals surface area (Å²) in [5.74, 6) is 0.753. The second-order valence-electron chi connectivity index (χ2n) is 6.99. The van der Waals surface area contributed by atoms with Gasteiger partial charge in [-0.1, -0.05) is 0 Å². The van der Waals surface area contributed by atoms with Gasteiger partial charge in [0.05, 0.1) is 32.2 Å². The van der Waals surface area contributed by atoms with Crippen LogP contribution >= 0.6 is 0 Å². The Morgan fingerprint density at radius 3 is 2.75 bits per heavy atom. The van der Waals surface area contributed by atoms with Crippen LogP contribution in [-0.4, -0.2) is 73.4 Å². The molecule has 1 spiro atoms. The van der Waals surface area contributed by atoms with Crippen LogP contribution in [0.1, 0.15) is 29.8 Å². The fraction of sp³-hybridized carbons (Fsp3) is 0.706. The molecule has 1 aromatic heterocycles. The number of carbonyl (C=O) groups excluding carboxylic acids is 1. The molecule has 3 aliphatic heterocycles. The van der Waals surface area contributed by atoms with Crippen LogP contribution in [0.3, 0.4) is 0 Å². The molecular weight excluding hydrogens is 308 g/mol. The summed E-state index contributed by atoms with van der Waals surface area (Å²) in [7, 11) is 0. The Balaban J connectivity index is 1.50. The summed E-state index contributed by atoms with van der Waals surface area (Å²) in [6, 6.07) is 0. The first-order valence-electron chi connectivity index (χ1n) is 8.78. The van der Waals surface area contributed by atoms with E-state index in [9.17, 15) is 4.79 Å². The molecule has 0 aliphatic carbocycles. The maximum Gasteiger partial charge on any atom is 0.274 e. The van der Waals surface area contributed by atoms with Crippen molar-refractivity contribution < 1.29 is 14.3 Å². The van der Waals surface area contributed by atoms with Gasteiger partial charge in [-0.15, -0.1) is 0 Å². The zero-order valence-corrected chi connectivity index (χ0v) is 13.9.